The maximum absolute atomic E-state index is 9.11. The molecule has 0 unspecified atom stereocenters. The Morgan fingerprint density at radius 1 is 1.64 bits per heavy atom. The first-order valence-electron chi connectivity index (χ1n) is 4.18. The fraction of sp³-hybridized carbons (Fsp3) is 0.625. The van der Waals surface area contributed by atoms with Crippen LogP contribution in [0.4, 0.5) is 10.8 Å². The van der Waals surface area contributed by atoms with E-state index in [0.29, 0.717) is 5.82 Å². The average molecular weight is 233 g/mol. The van der Waals surface area contributed by atoms with Crippen LogP contribution in [0, 0.1) is 0 Å². The number of nitrogens with zero attached hydrogens (tertiary/aromatic N) is 1. The molecule has 1 rings (SSSR count). The molecule has 6 heteroatoms. The first-order valence-corrected chi connectivity index (χ1v) is 6.18. The molecule has 0 radical (unpaired) electrons. The monoisotopic (exact) mass is 233 g/mol. The van der Waals surface area contributed by atoms with Crippen LogP contribution in [0.5, 0.6) is 0 Å². The van der Waals surface area contributed by atoms with E-state index in [9.17, 15) is 0 Å². The second-order valence-electron chi connectivity index (χ2n) is 3.60. The molecule has 1 aromatic heterocycles. The van der Waals surface area contributed by atoms with Gasteiger partial charge < -0.3 is 16.2 Å². The van der Waals surface area contributed by atoms with Crippen molar-refractivity contribution >= 4 is 34.1 Å². The molecular weight excluding hydrogens is 218 g/mol. The Morgan fingerprint density at radius 3 is 2.79 bits per heavy atom. The highest BCUT2D eigenvalue weighted by Gasteiger charge is 2.20. The largest absolute Gasteiger partial charge is 0.394 e. The van der Waals surface area contributed by atoms with E-state index in [4.69, 9.17) is 10.8 Å². The molecule has 0 amide bonds. The van der Waals surface area contributed by atoms with Gasteiger partial charge in [0, 0.05) is 0 Å². The van der Waals surface area contributed by atoms with Crippen molar-refractivity contribution in [2.24, 2.45) is 0 Å². The predicted octanol–water partition coefficient (Wildman–Crippen LogP) is 1.63. The zero-order valence-electron chi connectivity index (χ0n) is 8.50. The standard InChI is InChI=1S/C8H15N3OS2/c1-8(2,4-12)10-7-5(13-3)6(9)11-14-7/h10,12H,4H2,1-3H3,(H2,9,11). The minimum absolute atomic E-state index is 0.0681. The lowest BCUT2D eigenvalue weighted by Crippen LogP contribution is -2.34. The van der Waals surface area contributed by atoms with Gasteiger partial charge in [-0.1, -0.05) is 0 Å². The molecule has 0 atom stereocenters. The van der Waals surface area contributed by atoms with Gasteiger partial charge in [-0.15, -0.1) is 11.8 Å². The van der Waals surface area contributed by atoms with Crippen LogP contribution in [-0.4, -0.2) is 27.9 Å². The molecule has 0 aromatic carbocycles. The number of thioether (sulfide) groups is 1. The lowest BCUT2D eigenvalue weighted by molar-refractivity contribution is 0.234. The van der Waals surface area contributed by atoms with Crippen LogP contribution in [-0.2, 0) is 0 Å². The van der Waals surface area contributed by atoms with E-state index in [0.717, 1.165) is 9.90 Å². The summed E-state index contributed by atoms with van der Waals surface area (Å²) in [5, 5.41) is 13.2. The molecule has 4 nitrogen and oxygen atoms in total. The first kappa shape index (κ1) is 11.6. The van der Waals surface area contributed by atoms with Gasteiger partial charge in [0.1, 0.15) is 5.00 Å². The number of aromatic nitrogens is 1. The summed E-state index contributed by atoms with van der Waals surface area (Å²) in [5.41, 5.74) is 5.34. The van der Waals surface area contributed by atoms with E-state index < -0.39 is 0 Å². The number of aliphatic hydroxyl groups is 1. The van der Waals surface area contributed by atoms with E-state index >= 15 is 0 Å². The number of aliphatic hydroxyl groups excluding tert-OH is 1. The molecule has 4 N–H and O–H groups in total. The number of nitrogens with one attached hydrogen (secondary N) is 1. The van der Waals surface area contributed by atoms with Crippen LogP contribution in [0.15, 0.2) is 4.90 Å². The molecule has 1 heterocycles. The Kier molecular flexibility index (Phi) is 3.63. The molecule has 0 bridgehead atoms. The van der Waals surface area contributed by atoms with Crippen LogP contribution in [0.3, 0.4) is 0 Å². The number of nitrogen functional groups attached to an aromatic ring is 1. The molecule has 0 spiro atoms. The third kappa shape index (κ3) is 2.52. The summed E-state index contributed by atoms with van der Waals surface area (Å²) < 4.78 is 4.06. The second-order valence-corrected chi connectivity index (χ2v) is 5.19. The van der Waals surface area contributed by atoms with Gasteiger partial charge >= 0.3 is 0 Å². The third-order valence-electron chi connectivity index (χ3n) is 1.73. The molecule has 0 saturated carbocycles. The maximum atomic E-state index is 9.11. The Labute approximate surface area is 92.1 Å². The highest BCUT2D eigenvalue weighted by molar-refractivity contribution is 7.99. The molecule has 0 aliphatic carbocycles. The Bertz CT molecular complexity index is 312. The number of anilines is 2. The van der Waals surface area contributed by atoms with Gasteiger partial charge in [0.25, 0.3) is 0 Å². The predicted molar refractivity (Wildman–Crippen MR) is 63.1 cm³/mol. The van der Waals surface area contributed by atoms with Crippen molar-refractivity contribution in [1.82, 2.24) is 4.37 Å². The van der Waals surface area contributed by atoms with E-state index in [2.05, 4.69) is 9.69 Å². The van der Waals surface area contributed by atoms with Gasteiger partial charge in [-0.25, -0.2) is 0 Å². The summed E-state index contributed by atoms with van der Waals surface area (Å²) >= 11 is 2.88. The summed E-state index contributed by atoms with van der Waals surface area (Å²) in [7, 11) is 0. The summed E-state index contributed by atoms with van der Waals surface area (Å²) in [6.45, 7) is 3.92. The van der Waals surface area contributed by atoms with Gasteiger partial charge in [0.15, 0.2) is 5.82 Å². The lowest BCUT2D eigenvalue weighted by Gasteiger charge is -2.23. The van der Waals surface area contributed by atoms with Crippen LogP contribution < -0.4 is 11.1 Å². The summed E-state index contributed by atoms with van der Waals surface area (Å²) in [6.07, 6.45) is 1.96. The number of rotatable bonds is 4. The topological polar surface area (TPSA) is 71.2 Å². The minimum Gasteiger partial charge on any atom is -0.394 e. The summed E-state index contributed by atoms with van der Waals surface area (Å²) in [6, 6.07) is 0. The molecule has 0 aliphatic heterocycles. The van der Waals surface area contributed by atoms with Crippen molar-refractivity contribution in [1.29, 1.82) is 0 Å². The molecule has 0 aliphatic rings. The van der Waals surface area contributed by atoms with Crippen LogP contribution in [0.1, 0.15) is 13.8 Å². The van der Waals surface area contributed by atoms with E-state index in [1.807, 2.05) is 20.1 Å². The first-order chi connectivity index (χ1) is 6.50. The Balaban J connectivity index is 2.86. The van der Waals surface area contributed by atoms with E-state index in [1.165, 1.54) is 11.5 Å². The maximum Gasteiger partial charge on any atom is 0.153 e. The number of nitrogens with two attached hydrogens (primary N) is 1. The highest BCUT2D eigenvalue weighted by atomic mass is 32.2. The summed E-state index contributed by atoms with van der Waals surface area (Å²) in [5.74, 6) is 0.554. The minimum atomic E-state index is -0.344. The molecule has 0 saturated heterocycles. The van der Waals surface area contributed by atoms with Gasteiger partial charge in [-0.2, -0.15) is 4.37 Å². The van der Waals surface area contributed by atoms with Gasteiger partial charge in [0.2, 0.25) is 0 Å². The second kappa shape index (κ2) is 4.37. The van der Waals surface area contributed by atoms with E-state index in [1.54, 1.807) is 11.8 Å². The Hall–Kier alpha value is -0.460. The average Bonchev–Trinajstić information content (AvgIpc) is 2.46. The zero-order valence-corrected chi connectivity index (χ0v) is 10.1. The van der Waals surface area contributed by atoms with E-state index in [-0.39, 0.29) is 12.1 Å². The smallest absolute Gasteiger partial charge is 0.153 e. The molecule has 14 heavy (non-hydrogen) atoms. The van der Waals surface area contributed by atoms with Gasteiger partial charge in [-0.05, 0) is 31.6 Å². The molecule has 80 valence electrons. The molecule has 0 fully saturated rings. The Morgan fingerprint density at radius 2 is 2.29 bits per heavy atom. The van der Waals surface area contributed by atoms with Crippen molar-refractivity contribution in [3.05, 3.63) is 0 Å². The third-order valence-corrected chi connectivity index (χ3v) is 3.45. The van der Waals surface area contributed by atoms with Crippen molar-refractivity contribution in [3.8, 4) is 0 Å². The fourth-order valence-corrected chi connectivity index (χ4v) is 2.62. The van der Waals surface area contributed by atoms with Crippen LogP contribution in [0.25, 0.3) is 0 Å². The van der Waals surface area contributed by atoms with Crippen molar-refractivity contribution in [2.75, 3.05) is 23.9 Å². The summed E-state index contributed by atoms with van der Waals surface area (Å²) in [4.78, 5) is 0.955. The number of hydrogen-bond donors (Lipinski definition) is 3. The van der Waals surface area contributed by atoms with Gasteiger partial charge in [-0.3, -0.25) is 0 Å². The highest BCUT2D eigenvalue weighted by Crippen LogP contribution is 2.36. The lowest BCUT2D eigenvalue weighted by atomic mass is 10.1. The van der Waals surface area contributed by atoms with Gasteiger partial charge in [0.05, 0.1) is 17.0 Å². The fourth-order valence-electron chi connectivity index (χ4n) is 0.918. The zero-order chi connectivity index (χ0) is 10.8. The normalized spacial score (nSPS) is 11.7. The molecular formula is C8H15N3OS2. The van der Waals surface area contributed by atoms with Crippen molar-refractivity contribution < 1.29 is 5.11 Å². The van der Waals surface area contributed by atoms with Crippen molar-refractivity contribution in [2.45, 2.75) is 24.3 Å². The van der Waals surface area contributed by atoms with Crippen LogP contribution >= 0.6 is 23.3 Å². The number of hydrogen-bond acceptors (Lipinski definition) is 6. The van der Waals surface area contributed by atoms with Crippen LogP contribution in [0.2, 0.25) is 0 Å². The quantitative estimate of drug-likeness (QED) is 0.689. The SMILES string of the molecule is CSc1c(N)nsc1NC(C)(C)CO. The van der Waals surface area contributed by atoms with Crippen molar-refractivity contribution in [3.63, 3.8) is 0 Å². The molecule has 1 aromatic rings.